The predicted molar refractivity (Wildman–Crippen MR) is 329 cm³/mol. The minimum absolute atomic E-state index is 0.0275. The molecule has 492 valence electrons. The van der Waals surface area contributed by atoms with E-state index < -0.39 is 182 Å². The number of aromatic nitrogens is 1. The Labute approximate surface area is 528 Å². The number of carbonyl (C=O) groups excluding carboxylic acids is 14. The molecule has 2 saturated heterocycles. The van der Waals surface area contributed by atoms with E-state index in [0.717, 1.165) is 50.2 Å². The first kappa shape index (κ1) is 70.9. The van der Waals surface area contributed by atoms with Crippen LogP contribution in [0.2, 0.25) is 0 Å². The van der Waals surface area contributed by atoms with Gasteiger partial charge in [0.05, 0.1) is 43.8 Å². The molecule has 3 aromatic rings. The minimum Gasteiger partial charge on any atom is -0.394 e. The van der Waals surface area contributed by atoms with Gasteiger partial charge in [-0.15, -0.1) is 11.8 Å². The Hall–Kier alpha value is -9.23. The van der Waals surface area contributed by atoms with E-state index in [4.69, 9.17) is 0 Å². The average molecular weight is 1290 g/mol. The maximum Gasteiger partial charge on any atom is 0.253 e. The third kappa shape index (κ3) is 19.9. The van der Waals surface area contributed by atoms with Gasteiger partial charge >= 0.3 is 0 Å². The first-order valence-corrected chi connectivity index (χ1v) is 30.8. The summed E-state index contributed by atoms with van der Waals surface area (Å²) in [7, 11) is 0. The fourth-order valence-electron chi connectivity index (χ4n) is 10.0. The second-order valence-electron chi connectivity index (χ2n) is 23.0. The van der Waals surface area contributed by atoms with Crippen LogP contribution >= 0.6 is 11.8 Å². The van der Waals surface area contributed by atoms with Gasteiger partial charge in [-0.3, -0.25) is 72.0 Å². The fourth-order valence-corrected chi connectivity index (χ4v) is 11.1. The molecule has 31 heteroatoms. The number of carbonyl (C=O) groups is 14. The van der Waals surface area contributed by atoms with Crippen molar-refractivity contribution in [3.8, 4) is 0 Å². The van der Waals surface area contributed by atoms with Crippen molar-refractivity contribution in [2.75, 3.05) is 50.4 Å². The number of thioether (sulfide) groups is 1. The van der Waals surface area contributed by atoms with E-state index in [1.165, 1.54) is 26.0 Å². The van der Waals surface area contributed by atoms with E-state index >= 15 is 0 Å². The number of nitrogens with one attached hydrogen (secondary N) is 12. The van der Waals surface area contributed by atoms with Crippen LogP contribution in [0, 0.1) is 24.7 Å². The molecule has 4 heterocycles. The molecule has 3 aliphatic rings. The molecule has 9 atom stereocenters. The maximum absolute atomic E-state index is 15.0. The molecule has 0 saturated carbocycles. The van der Waals surface area contributed by atoms with Crippen LogP contribution in [-0.2, 0) is 73.7 Å². The third-order valence-corrected chi connectivity index (χ3v) is 16.7. The highest BCUT2D eigenvalue weighted by molar-refractivity contribution is 7.99. The number of aromatic amines is 1. The molecule has 1 aromatic heterocycles. The van der Waals surface area contributed by atoms with Crippen molar-refractivity contribution in [1.82, 2.24) is 68.0 Å². The van der Waals surface area contributed by atoms with Crippen LogP contribution in [0.15, 0.2) is 65.7 Å². The highest BCUT2D eigenvalue weighted by Crippen LogP contribution is 2.30. The van der Waals surface area contributed by atoms with Gasteiger partial charge in [0.15, 0.2) is 0 Å². The van der Waals surface area contributed by atoms with Gasteiger partial charge in [0.25, 0.3) is 11.8 Å². The molecule has 0 aliphatic carbocycles. The zero-order valence-corrected chi connectivity index (χ0v) is 52.3. The number of hydrogen-bond donors (Lipinski definition) is 14. The van der Waals surface area contributed by atoms with Gasteiger partial charge in [-0.05, 0) is 67.9 Å². The number of benzene rings is 2. The summed E-state index contributed by atoms with van der Waals surface area (Å²) in [5, 5.41) is 50.0. The first-order chi connectivity index (χ1) is 43.1. The number of nitrogens with zero attached hydrogens (tertiary/aromatic N) is 2. The van der Waals surface area contributed by atoms with Crippen LogP contribution in [0.4, 0.5) is 5.69 Å². The van der Waals surface area contributed by atoms with Gasteiger partial charge < -0.3 is 78.6 Å². The highest BCUT2D eigenvalue weighted by atomic mass is 32.2. The van der Waals surface area contributed by atoms with Crippen molar-refractivity contribution in [3.63, 3.8) is 0 Å². The van der Waals surface area contributed by atoms with Crippen molar-refractivity contribution in [3.05, 3.63) is 71.8 Å². The van der Waals surface area contributed by atoms with E-state index in [9.17, 15) is 77.3 Å². The average Bonchev–Trinajstić information content (AvgIpc) is 1.88. The summed E-state index contributed by atoms with van der Waals surface area (Å²) in [5.74, 6) is -13.1. The Morgan fingerprint density at radius 3 is 1.98 bits per heavy atom. The summed E-state index contributed by atoms with van der Waals surface area (Å²) in [5.41, 5.74) is 2.41. The van der Waals surface area contributed by atoms with Crippen molar-refractivity contribution in [2.24, 2.45) is 17.8 Å². The number of aliphatic hydroxyl groups excluding tert-OH is 2. The lowest BCUT2D eigenvalue weighted by Gasteiger charge is -2.32. The van der Waals surface area contributed by atoms with Crippen LogP contribution in [0.25, 0.3) is 10.9 Å². The molecule has 30 nitrogen and oxygen atoms in total. The van der Waals surface area contributed by atoms with Gasteiger partial charge in [-0.1, -0.05) is 65.0 Å². The van der Waals surface area contributed by atoms with Gasteiger partial charge in [0.2, 0.25) is 70.9 Å². The quantitative estimate of drug-likeness (QED) is 0.0399. The van der Waals surface area contributed by atoms with Crippen LogP contribution < -0.4 is 58.5 Å². The van der Waals surface area contributed by atoms with Crippen LogP contribution in [0.3, 0.4) is 0 Å². The molecule has 14 amide bonds. The number of rotatable bonds is 20. The van der Waals surface area contributed by atoms with E-state index in [2.05, 4.69) is 63.5 Å². The maximum atomic E-state index is 15.0. The molecule has 2 fully saturated rings. The highest BCUT2D eigenvalue weighted by Gasteiger charge is 2.42. The molecule has 2 aromatic carbocycles. The minimum atomic E-state index is -1.72. The molecule has 6 rings (SSSR count). The Kier molecular flexibility index (Phi) is 25.7. The Bertz CT molecular complexity index is 3260. The monoisotopic (exact) mass is 1280 g/mol. The topological polar surface area (TPSA) is 434 Å². The normalized spacial score (nSPS) is 21.5. The number of H-pyrrole nitrogens is 1. The molecule has 0 spiro atoms. The molecule has 91 heavy (non-hydrogen) atoms. The number of fused-ring (bicyclic) bond motifs is 2. The summed E-state index contributed by atoms with van der Waals surface area (Å²) in [6.45, 7) is 7.93. The van der Waals surface area contributed by atoms with Crippen LogP contribution in [0.1, 0.15) is 78.4 Å². The number of hydrogen-bond acceptors (Lipinski definition) is 17. The van der Waals surface area contributed by atoms with Gasteiger partial charge in [-0.25, -0.2) is 0 Å². The summed E-state index contributed by atoms with van der Waals surface area (Å²) in [6.07, 6.45) is -0.110. The zero-order valence-electron chi connectivity index (χ0n) is 51.5. The van der Waals surface area contributed by atoms with Crippen molar-refractivity contribution >= 4 is 111 Å². The molecule has 0 bridgehead atoms. The molecule has 14 N–H and O–H groups in total. The standard InChI is InChI=1S/C60H80N14O16S/c1-30(2)50-56(87)64-27-46(80)67-40(29-91-59-32(5)37-11-8-9-12-38(37)69-59)54(85)68-39(60(90)73-21-10-13-41(73)55(86)72-52(33(6)42(76)28-75)57(88)63-25-45(79)62-26-47(81)71-50)23-44(78)61-24-35-14-16-36(17-15-35)66-53(84)34(7)65-58(89)51(31(3)4)70-43(77)20-22-74-48(82)18-19-49(74)83/h8-9,11-12,14-19,30-31,33-34,39-42,50-52,69,75-76H,10,13,20-29H2,1-7H3,(H,61,78)(H,62,79)(H,63,88)(H,64,87)(H,65,89)(H,66,84)(H,67,80)(H,68,85)(H,70,77)(H,71,81)(H,72,86)/t33-,34-,39-,40-,41-,42-,50-,51?,52-/m0/s1. The van der Waals surface area contributed by atoms with E-state index in [1.807, 2.05) is 31.2 Å². The molecule has 0 radical (unpaired) electrons. The first-order valence-electron chi connectivity index (χ1n) is 29.8. The van der Waals surface area contributed by atoms with E-state index in [0.29, 0.717) is 16.3 Å². The van der Waals surface area contributed by atoms with E-state index in [-0.39, 0.29) is 44.6 Å². The lowest BCUT2D eigenvalue weighted by molar-refractivity contribution is -0.144. The summed E-state index contributed by atoms with van der Waals surface area (Å²) >= 11 is 1.16. The second-order valence-corrected chi connectivity index (χ2v) is 24.0. The van der Waals surface area contributed by atoms with Gasteiger partial charge in [-0.2, -0.15) is 0 Å². The Balaban J connectivity index is 1.20. The summed E-state index contributed by atoms with van der Waals surface area (Å²) in [6, 6.07) is 4.08. The van der Waals surface area contributed by atoms with Crippen LogP contribution in [-0.4, -0.2) is 201 Å². The lowest BCUT2D eigenvalue weighted by atomic mass is 9.94. The lowest BCUT2D eigenvalue weighted by Crippen LogP contribution is -2.60. The second kappa shape index (κ2) is 33.0. The number of aryl methyl sites for hydroxylation is 1. The van der Waals surface area contributed by atoms with Crippen molar-refractivity contribution < 1.29 is 77.3 Å². The van der Waals surface area contributed by atoms with E-state index in [1.54, 1.807) is 39.8 Å². The number of aliphatic hydroxyl groups is 2. The SMILES string of the molecule is Cc1c(SC[C@@H]2NC(=O)CNC(=O)[C@H](C(C)C)NC(=O)CNC(=O)CNC(=O)[C@H]([C@@H](C)[C@@H](O)CO)NC(=O)[C@@H]3CCCN3C(=O)[C@H](CC(=O)NCc3ccc(NC(=O)[C@H](C)NC(=O)C(NC(=O)CCN4C(=O)C=CC4=O)C(C)C)cc3)NC2=O)[nH]c2ccccc12. The third-order valence-electron chi connectivity index (χ3n) is 15.5. The number of anilines is 1. The number of para-hydroxylation sites is 1. The fraction of sp³-hybridized carbons (Fsp3) is 0.500. The number of imide groups is 1. The molecule has 3 aliphatic heterocycles. The Morgan fingerprint density at radius 1 is 0.692 bits per heavy atom. The largest absolute Gasteiger partial charge is 0.394 e. The predicted octanol–water partition coefficient (Wildman–Crippen LogP) is -2.89. The van der Waals surface area contributed by atoms with Crippen molar-refractivity contribution in [1.29, 1.82) is 0 Å². The van der Waals surface area contributed by atoms with Crippen LogP contribution in [0.5, 0.6) is 0 Å². The van der Waals surface area contributed by atoms with Gasteiger partial charge in [0, 0.05) is 66.5 Å². The Morgan fingerprint density at radius 2 is 1.33 bits per heavy atom. The number of amides is 14. The van der Waals surface area contributed by atoms with Gasteiger partial charge in [0.1, 0.15) is 42.3 Å². The summed E-state index contributed by atoms with van der Waals surface area (Å²) in [4.78, 5) is 193. The zero-order chi connectivity index (χ0) is 66.8. The molecular formula is C60H80N14O16S. The van der Waals surface area contributed by atoms with Crippen molar-refractivity contribution in [2.45, 2.75) is 134 Å². The molecular weight excluding hydrogens is 1200 g/mol. The smallest absolute Gasteiger partial charge is 0.253 e. The molecule has 1 unspecified atom stereocenters. The summed E-state index contributed by atoms with van der Waals surface area (Å²) < 4.78 is 0.